The third kappa shape index (κ3) is 4.51. The number of hydrogen-bond acceptors (Lipinski definition) is 4. The fraction of sp³-hybridized carbons (Fsp3) is 0.500. The molecular weight excluding hydrogens is 310 g/mol. The van der Waals surface area contributed by atoms with Crippen LogP contribution in [-0.2, 0) is 16.1 Å². The van der Waals surface area contributed by atoms with Gasteiger partial charge in [-0.1, -0.05) is 12.1 Å². The first-order valence-corrected chi connectivity index (χ1v) is 7.29. The lowest BCUT2D eigenvalue weighted by molar-refractivity contribution is -0.145. The van der Waals surface area contributed by atoms with Crippen molar-refractivity contribution in [1.82, 2.24) is 5.32 Å². The number of hydrogen-bond donors (Lipinski definition) is 1. The van der Waals surface area contributed by atoms with E-state index >= 15 is 0 Å². The van der Waals surface area contributed by atoms with Crippen molar-refractivity contribution < 1.29 is 14.3 Å². The Kier molecular flexibility index (Phi) is 5.22. The predicted molar refractivity (Wildman–Crippen MR) is 76.1 cm³/mol. The lowest BCUT2D eigenvalue weighted by atomic mass is 10.2. The molecule has 4 nitrogen and oxygen atoms in total. The van der Waals surface area contributed by atoms with Gasteiger partial charge in [0.05, 0.1) is 11.1 Å². The van der Waals surface area contributed by atoms with E-state index in [0.717, 1.165) is 16.6 Å². The molecule has 0 aliphatic heterocycles. The van der Waals surface area contributed by atoms with Crippen LogP contribution in [-0.4, -0.2) is 25.2 Å². The van der Waals surface area contributed by atoms with Crippen LogP contribution < -0.4 is 10.1 Å². The molecule has 1 aromatic carbocycles. The Balaban J connectivity index is 1.91. The number of carbonyl (C=O) groups excluding carboxylic acids is 1. The maximum absolute atomic E-state index is 11.3. The van der Waals surface area contributed by atoms with Gasteiger partial charge in [0.15, 0.2) is 6.61 Å². The number of carbonyl (C=O) groups is 1. The monoisotopic (exact) mass is 327 g/mol. The Hall–Kier alpha value is -1.07. The molecule has 19 heavy (non-hydrogen) atoms. The highest BCUT2D eigenvalue weighted by Crippen LogP contribution is 2.29. The Morgan fingerprint density at radius 3 is 2.95 bits per heavy atom. The van der Waals surface area contributed by atoms with Gasteiger partial charge >= 0.3 is 5.97 Å². The number of ether oxygens (including phenoxy) is 2. The van der Waals surface area contributed by atoms with Gasteiger partial charge < -0.3 is 14.8 Å². The second-order valence-corrected chi connectivity index (χ2v) is 5.27. The molecule has 0 aromatic heterocycles. The molecule has 1 aliphatic rings. The van der Waals surface area contributed by atoms with Crippen molar-refractivity contribution in [3.8, 4) is 5.75 Å². The van der Waals surface area contributed by atoms with E-state index in [1.807, 2.05) is 18.2 Å². The molecule has 1 aliphatic carbocycles. The first kappa shape index (κ1) is 14.3. The zero-order valence-electron chi connectivity index (χ0n) is 10.9. The van der Waals surface area contributed by atoms with Crippen LogP contribution in [0.1, 0.15) is 25.3 Å². The van der Waals surface area contributed by atoms with Crippen molar-refractivity contribution in [2.75, 3.05) is 13.2 Å². The molecule has 0 radical (unpaired) electrons. The van der Waals surface area contributed by atoms with E-state index in [4.69, 9.17) is 9.47 Å². The summed E-state index contributed by atoms with van der Waals surface area (Å²) in [5.41, 5.74) is 1.13. The van der Waals surface area contributed by atoms with Crippen molar-refractivity contribution in [2.45, 2.75) is 32.4 Å². The van der Waals surface area contributed by atoms with Crippen LogP contribution in [0.3, 0.4) is 0 Å². The van der Waals surface area contributed by atoms with Crippen molar-refractivity contribution in [3.05, 3.63) is 28.2 Å². The molecule has 0 spiro atoms. The number of rotatable bonds is 7. The van der Waals surface area contributed by atoms with Gasteiger partial charge in [-0.25, -0.2) is 4.79 Å². The Morgan fingerprint density at radius 1 is 1.47 bits per heavy atom. The molecule has 0 atom stereocenters. The first-order chi connectivity index (χ1) is 9.20. The molecular formula is C14H18BrNO3. The smallest absolute Gasteiger partial charge is 0.344 e. The topological polar surface area (TPSA) is 47.6 Å². The Morgan fingerprint density at radius 2 is 2.26 bits per heavy atom. The van der Waals surface area contributed by atoms with E-state index in [-0.39, 0.29) is 12.6 Å². The van der Waals surface area contributed by atoms with E-state index in [1.165, 1.54) is 12.8 Å². The van der Waals surface area contributed by atoms with Crippen molar-refractivity contribution >= 4 is 21.9 Å². The molecule has 0 bridgehead atoms. The molecule has 2 rings (SSSR count). The first-order valence-electron chi connectivity index (χ1n) is 6.50. The summed E-state index contributed by atoms with van der Waals surface area (Å²) in [6, 6.07) is 6.46. The van der Waals surface area contributed by atoms with Crippen molar-refractivity contribution in [3.63, 3.8) is 0 Å². The van der Waals surface area contributed by atoms with E-state index in [9.17, 15) is 4.79 Å². The maximum atomic E-state index is 11.3. The predicted octanol–water partition coefficient (Wildman–Crippen LogP) is 2.64. The van der Waals surface area contributed by atoms with E-state index < -0.39 is 0 Å². The SMILES string of the molecule is CCOC(=O)COc1cccc(CNC2CC2)c1Br. The Bertz CT molecular complexity index is 446. The van der Waals surface area contributed by atoms with Gasteiger partial charge in [0.25, 0.3) is 0 Å². The lowest BCUT2D eigenvalue weighted by Gasteiger charge is -2.11. The van der Waals surface area contributed by atoms with Gasteiger partial charge in [0.1, 0.15) is 5.75 Å². The number of halogens is 1. The summed E-state index contributed by atoms with van der Waals surface area (Å²) >= 11 is 3.52. The van der Waals surface area contributed by atoms with Gasteiger partial charge in [0.2, 0.25) is 0 Å². The molecule has 0 saturated heterocycles. The van der Waals surface area contributed by atoms with Crippen LogP contribution in [0.2, 0.25) is 0 Å². The average molecular weight is 328 g/mol. The van der Waals surface area contributed by atoms with Gasteiger partial charge in [-0.15, -0.1) is 0 Å². The quantitative estimate of drug-likeness (QED) is 0.782. The molecule has 1 aromatic rings. The fourth-order valence-corrected chi connectivity index (χ4v) is 2.20. The molecule has 0 amide bonds. The summed E-state index contributed by atoms with van der Waals surface area (Å²) in [4.78, 5) is 11.3. The molecule has 1 fully saturated rings. The largest absolute Gasteiger partial charge is 0.481 e. The molecule has 104 valence electrons. The van der Waals surface area contributed by atoms with Crippen LogP contribution >= 0.6 is 15.9 Å². The van der Waals surface area contributed by atoms with Crippen molar-refractivity contribution in [2.24, 2.45) is 0 Å². The van der Waals surface area contributed by atoms with Crippen LogP contribution in [0.25, 0.3) is 0 Å². The highest BCUT2D eigenvalue weighted by atomic mass is 79.9. The van der Waals surface area contributed by atoms with E-state index in [1.54, 1.807) is 6.92 Å². The second-order valence-electron chi connectivity index (χ2n) is 4.48. The summed E-state index contributed by atoms with van der Waals surface area (Å²) in [6.45, 7) is 2.89. The summed E-state index contributed by atoms with van der Waals surface area (Å²) < 4.78 is 11.2. The molecule has 5 heteroatoms. The summed E-state index contributed by atoms with van der Waals surface area (Å²) in [7, 11) is 0. The third-order valence-electron chi connectivity index (χ3n) is 2.85. The summed E-state index contributed by atoms with van der Waals surface area (Å²) in [6.07, 6.45) is 2.52. The van der Waals surface area contributed by atoms with Gasteiger partial charge in [-0.3, -0.25) is 0 Å². The minimum absolute atomic E-state index is 0.0635. The Labute approximate surface area is 121 Å². The van der Waals surface area contributed by atoms with Gasteiger partial charge in [-0.2, -0.15) is 0 Å². The van der Waals surface area contributed by atoms with Gasteiger partial charge in [0, 0.05) is 12.6 Å². The highest BCUT2D eigenvalue weighted by Gasteiger charge is 2.20. The minimum Gasteiger partial charge on any atom is -0.481 e. The number of nitrogens with one attached hydrogen (secondary N) is 1. The number of esters is 1. The van der Waals surface area contributed by atoms with Crippen LogP contribution in [0.15, 0.2) is 22.7 Å². The summed E-state index contributed by atoms with van der Waals surface area (Å²) in [5.74, 6) is 0.319. The fourth-order valence-electron chi connectivity index (χ4n) is 1.69. The zero-order chi connectivity index (χ0) is 13.7. The highest BCUT2D eigenvalue weighted by molar-refractivity contribution is 9.10. The molecule has 1 N–H and O–H groups in total. The second kappa shape index (κ2) is 6.91. The maximum Gasteiger partial charge on any atom is 0.344 e. The zero-order valence-corrected chi connectivity index (χ0v) is 12.5. The normalized spacial score (nSPS) is 14.2. The third-order valence-corrected chi connectivity index (χ3v) is 3.75. The average Bonchev–Trinajstić information content (AvgIpc) is 3.20. The number of benzene rings is 1. The van der Waals surface area contributed by atoms with Crippen LogP contribution in [0.4, 0.5) is 0 Å². The molecule has 0 unspecified atom stereocenters. The minimum atomic E-state index is -0.351. The van der Waals surface area contributed by atoms with E-state index in [2.05, 4.69) is 21.2 Å². The van der Waals surface area contributed by atoms with Crippen molar-refractivity contribution in [1.29, 1.82) is 0 Å². The standard InChI is InChI=1S/C14H18BrNO3/c1-2-18-13(17)9-19-12-5-3-4-10(14(12)15)8-16-11-6-7-11/h3-5,11,16H,2,6-9H2,1H3. The lowest BCUT2D eigenvalue weighted by Crippen LogP contribution is -2.17. The summed E-state index contributed by atoms with van der Waals surface area (Å²) in [5, 5.41) is 3.45. The van der Waals surface area contributed by atoms with Crippen LogP contribution in [0, 0.1) is 0 Å². The molecule has 1 saturated carbocycles. The van der Waals surface area contributed by atoms with Gasteiger partial charge in [-0.05, 0) is 47.3 Å². The molecule has 0 heterocycles. The van der Waals surface area contributed by atoms with Crippen LogP contribution in [0.5, 0.6) is 5.75 Å². The van der Waals surface area contributed by atoms with E-state index in [0.29, 0.717) is 18.4 Å².